The van der Waals surface area contributed by atoms with E-state index in [1.165, 1.54) is 11.8 Å². The van der Waals surface area contributed by atoms with E-state index in [1.54, 1.807) is 60.2 Å². The maximum Gasteiger partial charge on any atom is 0.274 e. The number of phenolic OH excluding ortho intramolecular Hbond substituents is 1. The molecule has 1 N–H and O–H groups in total. The smallest absolute Gasteiger partial charge is 0.274 e. The Labute approximate surface area is 204 Å². The summed E-state index contributed by atoms with van der Waals surface area (Å²) < 4.78 is 5.36. The normalized spacial score (nSPS) is 18.9. The van der Waals surface area contributed by atoms with E-state index < -0.39 is 0 Å². The number of thioether (sulfide) groups is 2. The number of carbonyl (C=O) groups is 1. The number of carbonyl (C=O) groups excluding carboxylic acids is 1. The van der Waals surface area contributed by atoms with Gasteiger partial charge in [-0.1, -0.05) is 29.4 Å². The number of amidine groups is 1. The first kappa shape index (κ1) is 21.8. The Bertz CT molecular complexity index is 1320. The molecular weight excluding hydrogens is 478 g/mol. The highest BCUT2D eigenvalue weighted by molar-refractivity contribution is 8.20. The zero-order valence-electron chi connectivity index (χ0n) is 17.7. The van der Waals surface area contributed by atoms with Crippen LogP contribution in [0.25, 0.3) is 0 Å². The predicted octanol–water partition coefficient (Wildman–Crippen LogP) is 6.23. The number of fused-ring (bicyclic) bond motifs is 1. The van der Waals surface area contributed by atoms with Crippen molar-refractivity contribution in [3.63, 3.8) is 0 Å². The van der Waals surface area contributed by atoms with Gasteiger partial charge in [-0.25, -0.2) is 4.99 Å². The van der Waals surface area contributed by atoms with Crippen LogP contribution in [0.1, 0.15) is 0 Å². The van der Waals surface area contributed by atoms with Crippen molar-refractivity contribution in [3.05, 3.63) is 81.7 Å². The average molecular weight is 496 g/mol. The SMILES string of the molecule is COc1ccc2c(c1)N(C)/C(=C1/SC(=Nc3cccc(Cl)c3)N(c3ccc(O)cc3)C1=O)S2. The second-order valence-corrected chi connectivity index (χ2v) is 9.71. The summed E-state index contributed by atoms with van der Waals surface area (Å²) in [6.45, 7) is 0. The van der Waals surface area contributed by atoms with Crippen LogP contribution in [0.4, 0.5) is 17.1 Å². The van der Waals surface area contributed by atoms with Gasteiger partial charge in [-0.2, -0.15) is 0 Å². The number of hydrogen-bond donors (Lipinski definition) is 1. The molecule has 0 saturated carbocycles. The molecule has 1 fully saturated rings. The highest BCUT2D eigenvalue weighted by atomic mass is 35.5. The first-order chi connectivity index (χ1) is 15.9. The lowest BCUT2D eigenvalue weighted by molar-refractivity contribution is -0.113. The standard InChI is InChI=1S/C24H18ClN3O3S2/c1-27-19-13-18(31-2)10-11-20(19)32-23(27)21-22(30)28(16-6-8-17(29)9-7-16)24(33-21)26-15-5-3-4-14(25)12-15/h3-13,29H,1-2H3/b23-21-,26-24?. The molecule has 0 unspecified atom stereocenters. The highest BCUT2D eigenvalue weighted by Crippen LogP contribution is 2.51. The van der Waals surface area contributed by atoms with Gasteiger partial charge < -0.3 is 14.7 Å². The van der Waals surface area contributed by atoms with Crippen molar-refractivity contribution in [3.8, 4) is 11.5 Å². The van der Waals surface area contributed by atoms with Crippen molar-refractivity contribution < 1.29 is 14.6 Å². The molecule has 33 heavy (non-hydrogen) atoms. The summed E-state index contributed by atoms with van der Waals surface area (Å²) in [5, 5.41) is 11.6. The van der Waals surface area contributed by atoms with E-state index in [9.17, 15) is 9.90 Å². The third kappa shape index (κ3) is 4.06. The third-order valence-corrected chi connectivity index (χ3v) is 7.79. The molecule has 3 aromatic carbocycles. The maximum absolute atomic E-state index is 13.7. The van der Waals surface area contributed by atoms with Crippen LogP contribution in [0, 0.1) is 0 Å². The zero-order valence-corrected chi connectivity index (χ0v) is 20.0. The number of amides is 1. The lowest BCUT2D eigenvalue weighted by atomic mass is 10.2. The van der Waals surface area contributed by atoms with Crippen LogP contribution in [0.5, 0.6) is 11.5 Å². The Kier molecular flexibility index (Phi) is 5.74. The number of benzene rings is 3. The number of halogens is 1. The number of nitrogens with zero attached hydrogens (tertiary/aromatic N) is 3. The van der Waals surface area contributed by atoms with E-state index in [0.29, 0.717) is 26.5 Å². The first-order valence-corrected chi connectivity index (χ1v) is 11.9. The van der Waals surface area contributed by atoms with Crippen LogP contribution in [0.15, 0.2) is 86.6 Å². The van der Waals surface area contributed by atoms with Crippen molar-refractivity contribution in [2.24, 2.45) is 4.99 Å². The van der Waals surface area contributed by atoms with Crippen molar-refractivity contribution >= 4 is 63.3 Å². The van der Waals surface area contributed by atoms with Crippen LogP contribution in [-0.2, 0) is 4.79 Å². The number of anilines is 2. The van der Waals surface area contributed by atoms with Crippen LogP contribution in [0.2, 0.25) is 5.02 Å². The Hall–Kier alpha value is -3.07. The minimum atomic E-state index is -0.180. The van der Waals surface area contributed by atoms with E-state index in [1.807, 2.05) is 42.3 Å². The third-order valence-electron chi connectivity index (χ3n) is 5.16. The molecule has 5 rings (SSSR count). The lowest BCUT2D eigenvalue weighted by Crippen LogP contribution is -2.29. The molecule has 2 aliphatic rings. The monoisotopic (exact) mass is 495 g/mol. The molecule has 1 amide bonds. The molecule has 0 radical (unpaired) electrons. The van der Waals surface area contributed by atoms with Gasteiger partial charge >= 0.3 is 0 Å². The van der Waals surface area contributed by atoms with Crippen molar-refractivity contribution in [1.82, 2.24) is 0 Å². The summed E-state index contributed by atoms with van der Waals surface area (Å²) in [7, 11) is 3.57. The Morgan fingerprint density at radius 3 is 2.55 bits per heavy atom. The molecule has 166 valence electrons. The fourth-order valence-electron chi connectivity index (χ4n) is 3.52. The molecule has 1 saturated heterocycles. The maximum atomic E-state index is 13.7. The molecular formula is C24H18ClN3O3S2. The largest absolute Gasteiger partial charge is 0.508 e. The number of aliphatic imine (C=N–C) groups is 1. The number of rotatable bonds is 3. The molecule has 0 aromatic heterocycles. The Balaban J connectivity index is 1.60. The quantitative estimate of drug-likeness (QED) is 0.434. The van der Waals surface area contributed by atoms with Crippen LogP contribution in [0.3, 0.4) is 0 Å². The molecule has 9 heteroatoms. The van der Waals surface area contributed by atoms with Gasteiger partial charge in [0.2, 0.25) is 0 Å². The van der Waals surface area contributed by atoms with E-state index in [-0.39, 0.29) is 11.7 Å². The zero-order chi connectivity index (χ0) is 23.1. The van der Waals surface area contributed by atoms with E-state index in [4.69, 9.17) is 21.3 Å². The lowest BCUT2D eigenvalue weighted by Gasteiger charge is -2.17. The van der Waals surface area contributed by atoms with Gasteiger partial charge in [0, 0.05) is 23.0 Å². The molecule has 0 aliphatic carbocycles. The van der Waals surface area contributed by atoms with Crippen LogP contribution in [-0.4, -0.2) is 30.3 Å². The molecule has 3 aromatic rings. The summed E-state index contributed by atoms with van der Waals surface area (Å²) in [5.41, 5.74) is 2.24. The van der Waals surface area contributed by atoms with E-state index in [2.05, 4.69) is 0 Å². The number of phenols is 1. The van der Waals surface area contributed by atoms with Crippen molar-refractivity contribution in [2.75, 3.05) is 24.0 Å². The van der Waals surface area contributed by atoms with Gasteiger partial charge in [-0.15, -0.1) is 0 Å². The van der Waals surface area contributed by atoms with E-state index >= 15 is 0 Å². The van der Waals surface area contributed by atoms with E-state index in [0.717, 1.165) is 21.4 Å². The van der Waals surface area contributed by atoms with Crippen LogP contribution >= 0.6 is 35.1 Å². The molecule has 6 nitrogen and oxygen atoms in total. The first-order valence-electron chi connectivity index (χ1n) is 9.94. The molecule has 0 bridgehead atoms. The van der Waals surface area contributed by atoms with Gasteiger partial charge in [0.1, 0.15) is 16.4 Å². The molecule has 0 spiro atoms. The van der Waals surface area contributed by atoms with Gasteiger partial charge in [-0.3, -0.25) is 9.69 Å². The van der Waals surface area contributed by atoms with Gasteiger partial charge in [0.15, 0.2) is 5.17 Å². The van der Waals surface area contributed by atoms with Crippen molar-refractivity contribution in [2.45, 2.75) is 4.90 Å². The summed E-state index contributed by atoms with van der Waals surface area (Å²) in [6, 6.07) is 19.5. The summed E-state index contributed by atoms with van der Waals surface area (Å²) >= 11 is 9.00. The van der Waals surface area contributed by atoms with Crippen LogP contribution < -0.4 is 14.5 Å². The minimum Gasteiger partial charge on any atom is -0.508 e. The Morgan fingerprint density at radius 2 is 1.82 bits per heavy atom. The second-order valence-electron chi connectivity index (χ2n) is 7.26. The fourth-order valence-corrected chi connectivity index (χ4v) is 6.03. The predicted molar refractivity (Wildman–Crippen MR) is 136 cm³/mol. The number of aromatic hydroxyl groups is 1. The van der Waals surface area contributed by atoms with Gasteiger partial charge in [-0.05, 0) is 66.4 Å². The highest BCUT2D eigenvalue weighted by Gasteiger charge is 2.40. The summed E-state index contributed by atoms with van der Waals surface area (Å²) in [5.74, 6) is 0.702. The van der Waals surface area contributed by atoms with Crippen molar-refractivity contribution in [1.29, 1.82) is 0 Å². The topological polar surface area (TPSA) is 65.4 Å². The molecule has 2 heterocycles. The number of ether oxygens (including phenoxy) is 1. The summed E-state index contributed by atoms with van der Waals surface area (Å²) in [6.07, 6.45) is 0. The second kappa shape index (κ2) is 8.70. The summed E-state index contributed by atoms with van der Waals surface area (Å²) in [4.78, 5) is 23.6. The van der Waals surface area contributed by atoms with Gasteiger partial charge in [0.05, 0.1) is 29.2 Å². The average Bonchev–Trinajstić information content (AvgIpc) is 3.30. The number of hydrogen-bond acceptors (Lipinski definition) is 7. The van der Waals surface area contributed by atoms with Gasteiger partial charge in [0.25, 0.3) is 5.91 Å². The Morgan fingerprint density at radius 1 is 1.03 bits per heavy atom. The fraction of sp³-hybridized carbons (Fsp3) is 0.0833. The number of methoxy groups -OCH3 is 1. The molecule has 2 aliphatic heterocycles. The minimum absolute atomic E-state index is 0.125. The molecule has 0 atom stereocenters.